The van der Waals surface area contributed by atoms with Crippen LogP contribution in [0.4, 0.5) is 10.1 Å². The van der Waals surface area contributed by atoms with Crippen molar-refractivity contribution in [2.45, 2.75) is 11.4 Å². The zero-order valence-corrected chi connectivity index (χ0v) is 18.0. The first-order valence-electron chi connectivity index (χ1n) is 9.62. The van der Waals surface area contributed by atoms with Gasteiger partial charge in [0, 0.05) is 18.7 Å². The zero-order valence-electron chi connectivity index (χ0n) is 17.2. The second-order valence-corrected chi connectivity index (χ2v) is 8.79. The van der Waals surface area contributed by atoms with Crippen LogP contribution in [-0.4, -0.2) is 36.3 Å². The maximum atomic E-state index is 13.2. The fourth-order valence-corrected chi connectivity index (χ4v) is 4.22. The van der Waals surface area contributed by atoms with Gasteiger partial charge in [-0.25, -0.2) is 18.2 Å². The lowest BCUT2D eigenvalue weighted by Crippen LogP contribution is -2.39. The van der Waals surface area contributed by atoms with E-state index >= 15 is 0 Å². The highest BCUT2D eigenvalue weighted by Crippen LogP contribution is 2.18. The predicted molar refractivity (Wildman–Crippen MR) is 119 cm³/mol. The minimum atomic E-state index is -4.03. The number of benzene rings is 3. The minimum absolute atomic E-state index is 0.00860. The Bertz CT molecular complexity index is 1250. The molecule has 1 amide bonds. The van der Waals surface area contributed by atoms with Crippen LogP contribution in [-0.2, 0) is 21.4 Å². The molecule has 0 aliphatic rings. The average Bonchev–Trinajstić information content (AvgIpc) is 2.81. The molecule has 0 saturated heterocycles. The molecule has 0 atom stereocenters. The van der Waals surface area contributed by atoms with Crippen molar-refractivity contribution in [3.05, 3.63) is 106 Å². The van der Waals surface area contributed by atoms with Crippen LogP contribution in [0.3, 0.4) is 0 Å². The summed E-state index contributed by atoms with van der Waals surface area (Å²) in [5.41, 5.74) is 3.16. The average molecular weight is 470 g/mol. The van der Waals surface area contributed by atoms with E-state index < -0.39 is 33.2 Å². The van der Waals surface area contributed by atoms with E-state index in [0.29, 0.717) is 11.1 Å². The second kappa shape index (κ2) is 10.6. The molecule has 11 heteroatoms. The van der Waals surface area contributed by atoms with E-state index in [9.17, 15) is 27.7 Å². The lowest BCUT2D eigenvalue weighted by Gasteiger charge is -2.21. The minimum Gasteiger partial charge on any atom is -0.272 e. The Labute approximate surface area is 189 Å². The summed E-state index contributed by atoms with van der Waals surface area (Å²) < 4.78 is 40.4. The van der Waals surface area contributed by atoms with Gasteiger partial charge >= 0.3 is 0 Å². The molecule has 0 aliphatic carbocycles. The zero-order chi connectivity index (χ0) is 23.8. The Morgan fingerprint density at radius 1 is 1.03 bits per heavy atom. The van der Waals surface area contributed by atoms with Gasteiger partial charge in [-0.1, -0.05) is 30.3 Å². The second-order valence-electron chi connectivity index (χ2n) is 6.85. The van der Waals surface area contributed by atoms with Crippen molar-refractivity contribution in [1.29, 1.82) is 0 Å². The van der Waals surface area contributed by atoms with Gasteiger partial charge in [0.2, 0.25) is 10.0 Å². The van der Waals surface area contributed by atoms with Gasteiger partial charge in [-0.05, 0) is 47.5 Å². The van der Waals surface area contributed by atoms with Crippen molar-refractivity contribution in [2.24, 2.45) is 5.10 Å². The van der Waals surface area contributed by atoms with Crippen molar-refractivity contribution in [3.8, 4) is 0 Å². The quantitative estimate of drug-likeness (QED) is 0.293. The largest absolute Gasteiger partial charge is 0.272 e. The first-order chi connectivity index (χ1) is 15.8. The van der Waals surface area contributed by atoms with Gasteiger partial charge in [0.15, 0.2) is 0 Å². The molecule has 0 saturated carbocycles. The summed E-state index contributed by atoms with van der Waals surface area (Å²) in [5, 5.41) is 14.5. The SMILES string of the molecule is O=C(CN(Cc1ccc(F)cc1)S(=O)(=O)c1ccccc1)N/N=C\c1ccc([N+](=O)[O-])cc1. The third kappa shape index (κ3) is 6.51. The molecule has 0 bridgehead atoms. The maximum Gasteiger partial charge on any atom is 0.269 e. The number of sulfonamides is 1. The van der Waals surface area contributed by atoms with Gasteiger partial charge < -0.3 is 0 Å². The Hall–Kier alpha value is -3.96. The molecule has 3 rings (SSSR count). The molecule has 0 aromatic heterocycles. The molecule has 33 heavy (non-hydrogen) atoms. The van der Waals surface area contributed by atoms with E-state index in [4.69, 9.17) is 0 Å². The van der Waals surface area contributed by atoms with Gasteiger partial charge in [0.25, 0.3) is 11.6 Å². The van der Waals surface area contributed by atoms with E-state index in [1.54, 1.807) is 18.2 Å². The van der Waals surface area contributed by atoms with Crippen LogP contribution in [0.5, 0.6) is 0 Å². The third-order valence-corrected chi connectivity index (χ3v) is 6.29. The van der Waals surface area contributed by atoms with Crippen LogP contribution in [0.15, 0.2) is 88.9 Å². The smallest absolute Gasteiger partial charge is 0.269 e. The molecule has 0 aliphatic heterocycles. The molecule has 3 aromatic carbocycles. The van der Waals surface area contributed by atoms with Crippen LogP contribution < -0.4 is 5.43 Å². The van der Waals surface area contributed by atoms with Crippen LogP contribution in [0.2, 0.25) is 0 Å². The Balaban J connectivity index is 1.74. The number of halogens is 1. The van der Waals surface area contributed by atoms with E-state index in [1.165, 1.54) is 66.9 Å². The van der Waals surface area contributed by atoms with Crippen molar-refractivity contribution >= 4 is 27.8 Å². The Kier molecular flexibility index (Phi) is 7.59. The van der Waals surface area contributed by atoms with Gasteiger partial charge in [0.1, 0.15) is 5.82 Å². The number of carbonyl (C=O) groups excluding carboxylic acids is 1. The Morgan fingerprint density at radius 3 is 2.27 bits per heavy atom. The highest BCUT2D eigenvalue weighted by Gasteiger charge is 2.26. The molecule has 0 spiro atoms. The van der Waals surface area contributed by atoms with Gasteiger partial charge in [-0.2, -0.15) is 9.41 Å². The molecule has 1 N–H and O–H groups in total. The number of nitro benzene ring substituents is 1. The summed E-state index contributed by atoms with van der Waals surface area (Å²) in [6.45, 7) is -0.691. The lowest BCUT2D eigenvalue weighted by atomic mass is 10.2. The molecule has 0 unspecified atom stereocenters. The normalized spacial score (nSPS) is 11.6. The molecule has 0 fully saturated rings. The molecule has 3 aromatic rings. The molecular weight excluding hydrogens is 451 g/mol. The molecule has 0 heterocycles. The highest BCUT2D eigenvalue weighted by atomic mass is 32.2. The molecule has 0 radical (unpaired) electrons. The third-order valence-electron chi connectivity index (χ3n) is 4.48. The standard InChI is InChI=1S/C22H19FN4O5S/c23-19-10-6-18(7-11-19)15-26(33(31,32)21-4-2-1-3-5-21)16-22(28)25-24-14-17-8-12-20(13-9-17)27(29)30/h1-14H,15-16H2,(H,25,28)/b24-14-. The van der Waals surface area contributed by atoms with Gasteiger partial charge in [-0.15, -0.1) is 0 Å². The van der Waals surface area contributed by atoms with Gasteiger partial charge in [-0.3, -0.25) is 14.9 Å². The number of hydrogen-bond acceptors (Lipinski definition) is 6. The number of amides is 1. The summed E-state index contributed by atoms with van der Waals surface area (Å²) in [4.78, 5) is 22.6. The topological polar surface area (TPSA) is 122 Å². The fourth-order valence-electron chi connectivity index (χ4n) is 2.82. The predicted octanol–water partition coefficient (Wildman–Crippen LogP) is 3.08. The summed E-state index contributed by atoms with van der Waals surface area (Å²) >= 11 is 0. The number of carbonyl (C=O) groups is 1. The first kappa shape index (κ1) is 23.7. The van der Waals surface area contributed by atoms with Crippen LogP contribution in [0.1, 0.15) is 11.1 Å². The lowest BCUT2D eigenvalue weighted by molar-refractivity contribution is -0.384. The van der Waals surface area contributed by atoms with E-state index in [-0.39, 0.29) is 17.1 Å². The van der Waals surface area contributed by atoms with Crippen LogP contribution in [0, 0.1) is 15.9 Å². The fraction of sp³-hybridized carbons (Fsp3) is 0.0909. The van der Waals surface area contributed by atoms with Crippen molar-refractivity contribution in [1.82, 2.24) is 9.73 Å². The van der Waals surface area contributed by atoms with Crippen LogP contribution >= 0.6 is 0 Å². The monoisotopic (exact) mass is 470 g/mol. The molecule has 170 valence electrons. The summed E-state index contributed by atoms with van der Waals surface area (Å²) in [7, 11) is -4.03. The van der Waals surface area contributed by atoms with Crippen LogP contribution in [0.25, 0.3) is 0 Å². The van der Waals surface area contributed by atoms with Gasteiger partial charge in [0.05, 0.1) is 22.6 Å². The van der Waals surface area contributed by atoms with Crippen molar-refractivity contribution in [3.63, 3.8) is 0 Å². The van der Waals surface area contributed by atoms with E-state index in [2.05, 4.69) is 10.5 Å². The van der Waals surface area contributed by atoms with Crippen molar-refractivity contribution < 1.29 is 22.5 Å². The van der Waals surface area contributed by atoms with Crippen molar-refractivity contribution in [2.75, 3.05) is 6.54 Å². The summed E-state index contributed by atoms with van der Waals surface area (Å²) in [6.07, 6.45) is 1.28. The number of non-ortho nitro benzene ring substituents is 1. The molecule has 9 nitrogen and oxygen atoms in total. The summed E-state index contributed by atoms with van der Waals surface area (Å²) in [5.74, 6) is -1.16. The maximum absolute atomic E-state index is 13.2. The Morgan fingerprint density at radius 2 is 1.67 bits per heavy atom. The van der Waals surface area contributed by atoms with E-state index in [1.807, 2.05) is 0 Å². The number of nitrogens with one attached hydrogen (secondary N) is 1. The molecular formula is C22H19FN4O5S. The number of nitrogens with zero attached hydrogens (tertiary/aromatic N) is 3. The number of rotatable bonds is 9. The number of nitro groups is 1. The summed E-state index contributed by atoms with van der Waals surface area (Å²) in [6, 6.07) is 18.4. The first-order valence-corrected chi connectivity index (χ1v) is 11.1. The highest BCUT2D eigenvalue weighted by molar-refractivity contribution is 7.89. The number of hydrazone groups is 1. The number of hydrogen-bond donors (Lipinski definition) is 1. The van der Waals surface area contributed by atoms with E-state index in [0.717, 1.165) is 4.31 Å².